The predicted octanol–water partition coefficient (Wildman–Crippen LogP) is 1.12. The van der Waals surface area contributed by atoms with E-state index in [0.29, 0.717) is 11.6 Å². The zero-order valence-electron chi connectivity index (χ0n) is 10.0. The van der Waals surface area contributed by atoms with Gasteiger partial charge in [0.2, 0.25) is 5.91 Å². The molecule has 0 spiro atoms. The first-order chi connectivity index (χ1) is 8.63. The molecule has 1 aromatic carbocycles. The molecule has 98 valence electrons. The van der Waals surface area contributed by atoms with Crippen LogP contribution in [0.3, 0.4) is 0 Å². The second-order valence-corrected chi connectivity index (χ2v) is 4.68. The van der Waals surface area contributed by atoms with E-state index in [2.05, 4.69) is 10.6 Å². The Morgan fingerprint density at radius 3 is 2.61 bits per heavy atom. The minimum absolute atomic E-state index is 0.151. The van der Waals surface area contributed by atoms with Gasteiger partial charge in [-0.05, 0) is 49.6 Å². The van der Waals surface area contributed by atoms with E-state index in [0.717, 1.165) is 19.4 Å². The number of halogens is 1. The Morgan fingerprint density at radius 2 is 2.00 bits per heavy atom. The van der Waals surface area contributed by atoms with Crippen LogP contribution in [0.15, 0.2) is 24.3 Å². The molecule has 0 atom stereocenters. The van der Waals surface area contributed by atoms with Gasteiger partial charge in [0.1, 0.15) is 5.82 Å². The standard InChI is InChI=1S/C13H17FN2O2/c14-10-1-3-11(4-2-10)16-13(18)8-15-7-9-5-12(17)6-9/h1-4,9,12,15,17H,5-8H2,(H,16,18). The third kappa shape index (κ3) is 3.78. The molecule has 0 aromatic heterocycles. The van der Waals surface area contributed by atoms with Crippen LogP contribution in [0.5, 0.6) is 0 Å². The highest BCUT2D eigenvalue weighted by Crippen LogP contribution is 2.25. The lowest BCUT2D eigenvalue weighted by atomic mass is 9.82. The molecule has 2 rings (SSSR count). The third-order valence-electron chi connectivity index (χ3n) is 3.06. The molecule has 0 unspecified atom stereocenters. The summed E-state index contributed by atoms with van der Waals surface area (Å²) in [5.41, 5.74) is 0.585. The molecular formula is C13H17FN2O2. The fourth-order valence-corrected chi connectivity index (χ4v) is 2.00. The highest BCUT2D eigenvalue weighted by molar-refractivity contribution is 5.92. The maximum absolute atomic E-state index is 12.6. The van der Waals surface area contributed by atoms with Crippen molar-refractivity contribution in [2.45, 2.75) is 18.9 Å². The van der Waals surface area contributed by atoms with Gasteiger partial charge in [-0.1, -0.05) is 0 Å². The number of carbonyl (C=O) groups excluding carboxylic acids is 1. The second kappa shape index (κ2) is 5.93. The number of rotatable bonds is 5. The largest absolute Gasteiger partial charge is 0.393 e. The Balaban J connectivity index is 1.64. The first-order valence-corrected chi connectivity index (χ1v) is 6.07. The summed E-state index contributed by atoms with van der Waals surface area (Å²) in [7, 11) is 0. The number of aliphatic hydroxyl groups excluding tert-OH is 1. The zero-order valence-corrected chi connectivity index (χ0v) is 10.0. The van der Waals surface area contributed by atoms with Crippen molar-refractivity contribution >= 4 is 11.6 Å². The van der Waals surface area contributed by atoms with Crippen molar-refractivity contribution in [1.29, 1.82) is 0 Å². The molecule has 1 aromatic rings. The van der Waals surface area contributed by atoms with Crippen molar-refractivity contribution in [2.24, 2.45) is 5.92 Å². The number of carbonyl (C=O) groups is 1. The summed E-state index contributed by atoms with van der Waals surface area (Å²) in [6, 6.07) is 5.66. The molecule has 4 nitrogen and oxygen atoms in total. The fourth-order valence-electron chi connectivity index (χ4n) is 2.00. The van der Waals surface area contributed by atoms with Crippen LogP contribution >= 0.6 is 0 Å². The van der Waals surface area contributed by atoms with Crippen LogP contribution in [0, 0.1) is 11.7 Å². The van der Waals surface area contributed by atoms with Gasteiger partial charge >= 0.3 is 0 Å². The van der Waals surface area contributed by atoms with Crippen LogP contribution in [0.4, 0.5) is 10.1 Å². The molecule has 0 heterocycles. The van der Waals surface area contributed by atoms with Crippen LogP contribution in [-0.2, 0) is 4.79 Å². The maximum Gasteiger partial charge on any atom is 0.238 e. The predicted molar refractivity (Wildman–Crippen MR) is 66.6 cm³/mol. The van der Waals surface area contributed by atoms with E-state index in [4.69, 9.17) is 5.11 Å². The lowest BCUT2D eigenvalue weighted by molar-refractivity contribution is -0.115. The highest BCUT2D eigenvalue weighted by atomic mass is 19.1. The Morgan fingerprint density at radius 1 is 1.33 bits per heavy atom. The molecule has 18 heavy (non-hydrogen) atoms. The van der Waals surface area contributed by atoms with Crippen LogP contribution < -0.4 is 10.6 Å². The molecule has 0 aliphatic heterocycles. The number of aliphatic hydroxyl groups is 1. The SMILES string of the molecule is O=C(CNCC1CC(O)C1)Nc1ccc(F)cc1. The molecule has 1 fully saturated rings. The lowest BCUT2D eigenvalue weighted by Gasteiger charge is -2.31. The quantitative estimate of drug-likeness (QED) is 0.736. The smallest absolute Gasteiger partial charge is 0.238 e. The van der Waals surface area contributed by atoms with Crippen molar-refractivity contribution in [2.75, 3.05) is 18.4 Å². The number of hydrogen-bond acceptors (Lipinski definition) is 3. The normalized spacial score (nSPS) is 22.3. The molecule has 1 amide bonds. The van der Waals surface area contributed by atoms with Gasteiger partial charge in [0.15, 0.2) is 0 Å². The molecule has 1 aliphatic carbocycles. The molecular weight excluding hydrogens is 235 g/mol. The summed E-state index contributed by atoms with van der Waals surface area (Å²) in [5.74, 6) is -0.00485. The van der Waals surface area contributed by atoms with Gasteiger partial charge in [-0.15, -0.1) is 0 Å². The van der Waals surface area contributed by atoms with Crippen molar-refractivity contribution < 1.29 is 14.3 Å². The van der Waals surface area contributed by atoms with Crippen LogP contribution in [0.25, 0.3) is 0 Å². The number of anilines is 1. The Bertz CT molecular complexity index is 402. The summed E-state index contributed by atoms with van der Waals surface area (Å²) in [5, 5.41) is 14.8. The molecule has 1 saturated carbocycles. The monoisotopic (exact) mass is 252 g/mol. The van der Waals surface area contributed by atoms with Gasteiger partial charge in [0.05, 0.1) is 12.6 Å². The molecule has 1 aliphatic rings. The lowest BCUT2D eigenvalue weighted by Crippen LogP contribution is -2.38. The van der Waals surface area contributed by atoms with Gasteiger partial charge in [-0.3, -0.25) is 4.79 Å². The average molecular weight is 252 g/mol. The van der Waals surface area contributed by atoms with Gasteiger partial charge in [0.25, 0.3) is 0 Å². The van der Waals surface area contributed by atoms with Crippen molar-refractivity contribution in [1.82, 2.24) is 5.32 Å². The summed E-state index contributed by atoms with van der Waals surface area (Å²) in [4.78, 5) is 11.5. The molecule has 0 bridgehead atoms. The van der Waals surface area contributed by atoms with E-state index in [1.54, 1.807) is 0 Å². The number of amides is 1. The minimum Gasteiger partial charge on any atom is -0.393 e. The van der Waals surface area contributed by atoms with Crippen LogP contribution in [-0.4, -0.2) is 30.2 Å². The summed E-state index contributed by atoms with van der Waals surface area (Å²) in [6.45, 7) is 0.970. The molecule has 5 heteroatoms. The van der Waals surface area contributed by atoms with Crippen LogP contribution in [0.2, 0.25) is 0 Å². The van der Waals surface area contributed by atoms with Crippen molar-refractivity contribution in [3.05, 3.63) is 30.1 Å². The average Bonchev–Trinajstić information content (AvgIpc) is 2.30. The van der Waals surface area contributed by atoms with E-state index in [9.17, 15) is 9.18 Å². The topological polar surface area (TPSA) is 61.4 Å². The summed E-state index contributed by atoms with van der Waals surface area (Å²) < 4.78 is 12.6. The number of benzene rings is 1. The van der Waals surface area contributed by atoms with Gasteiger partial charge in [-0.2, -0.15) is 0 Å². The minimum atomic E-state index is -0.324. The Kier molecular flexibility index (Phi) is 4.28. The van der Waals surface area contributed by atoms with Crippen LogP contribution in [0.1, 0.15) is 12.8 Å². The maximum atomic E-state index is 12.6. The van der Waals surface area contributed by atoms with E-state index in [-0.39, 0.29) is 24.4 Å². The van der Waals surface area contributed by atoms with Crippen molar-refractivity contribution in [3.63, 3.8) is 0 Å². The van der Waals surface area contributed by atoms with Gasteiger partial charge < -0.3 is 15.7 Å². The first-order valence-electron chi connectivity index (χ1n) is 6.07. The van der Waals surface area contributed by atoms with Crippen molar-refractivity contribution in [3.8, 4) is 0 Å². The van der Waals surface area contributed by atoms with Gasteiger partial charge in [0, 0.05) is 5.69 Å². The summed E-state index contributed by atoms with van der Waals surface area (Å²) in [6.07, 6.45) is 1.46. The van der Waals surface area contributed by atoms with E-state index < -0.39 is 0 Å². The summed E-state index contributed by atoms with van der Waals surface area (Å²) >= 11 is 0. The zero-order chi connectivity index (χ0) is 13.0. The molecule has 0 saturated heterocycles. The van der Waals surface area contributed by atoms with E-state index in [1.807, 2.05) is 0 Å². The Labute approximate surface area is 105 Å². The first kappa shape index (κ1) is 13.0. The number of nitrogens with one attached hydrogen (secondary N) is 2. The highest BCUT2D eigenvalue weighted by Gasteiger charge is 2.26. The number of hydrogen-bond donors (Lipinski definition) is 3. The second-order valence-electron chi connectivity index (χ2n) is 4.68. The van der Waals surface area contributed by atoms with E-state index in [1.165, 1.54) is 24.3 Å². The third-order valence-corrected chi connectivity index (χ3v) is 3.06. The fraction of sp³-hybridized carbons (Fsp3) is 0.462. The molecule has 0 radical (unpaired) electrons. The van der Waals surface area contributed by atoms with E-state index >= 15 is 0 Å². The molecule has 3 N–H and O–H groups in total. The Hall–Kier alpha value is -1.46. The van der Waals surface area contributed by atoms with Gasteiger partial charge in [-0.25, -0.2) is 4.39 Å².